The molecule has 0 radical (unpaired) electrons. The summed E-state index contributed by atoms with van der Waals surface area (Å²) >= 11 is 0. The summed E-state index contributed by atoms with van der Waals surface area (Å²) in [4.78, 5) is 12.7. The van der Waals surface area contributed by atoms with Gasteiger partial charge in [-0.25, -0.2) is 0 Å². The zero-order valence-electron chi connectivity index (χ0n) is 13.7. The number of unbranched alkanes of at least 4 members (excludes halogenated alkanes) is 1. The molecule has 0 aliphatic carbocycles. The molecule has 0 spiro atoms. The summed E-state index contributed by atoms with van der Waals surface area (Å²) in [5, 5.41) is 6.30. The van der Waals surface area contributed by atoms with Crippen molar-refractivity contribution in [2.45, 2.75) is 25.8 Å². The van der Waals surface area contributed by atoms with Gasteiger partial charge in [-0.3, -0.25) is 4.79 Å². The van der Waals surface area contributed by atoms with Crippen molar-refractivity contribution in [2.24, 2.45) is 0 Å². The predicted molar refractivity (Wildman–Crippen MR) is 93.7 cm³/mol. The van der Waals surface area contributed by atoms with Crippen molar-refractivity contribution in [3.8, 4) is 5.75 Å². The maximum absolute atomic E-state index is 12.7. The second-order valence-electron chi connectivity index (χ2n) is 5.37. The van der Waals surface area contributed by atoms with Gasteiger partial charge in [-0.1, -0.05) is 49.7 Å². The molecule has 2 rings (SSSR count). The van der Waals surface area contributed by atoms with Crippen molar-refractivity contribution in [1.29, 1.82) is 0 Å². The van der Waals surface area contributed by atoms with E-state index in [4.69, 9.17) is 4.74 Å². The molecule has 23 heavy (non-hydrogen) atoms. The summed E-state index contributed by atoms with van der Waals surface area (Å²) in [6.45, 7) is 2.94. The Kier molecular flexibility index (Phi) is 6.63. The van der Waals surface area contributed by atoms with Crippen LogP contribution in [0.4, 0.5) is 5.69 Å². The molecule has 2 aromatic rings. The lowest BCUT2D eigenvalue weighted by atomic mass is 10.1. The van der Waals surface area contributed by atoms with E-state index >= 15 is 0 Å². The number of rotatable bonds is 8. The molecule has 0 aliphatic heterocycles. The molecule has 2 N–H and O–H groups in total. The molecular weight excluding hydrogens is 288 g/mol. The topological polar surface area (TPSA) is 50.4 Å². The Labute approximate surface area is 137 Å². The molecule has 2 aromatic carbocycles. The molecule has 0 unspecified atom stereocenters. The van der Waals surface area contributed by atoms with Gasteiger partial charge < -0.3 is 15.4 Å². The Morgan fingerprint density at radius 3 is 2.61 bits per heavy atom. The molecular formula is C19H24N2O2. The molecule has 1 atom stereocenters. The molecule has 0 bridgehead atoms. The van der Waals surface area contributed by atoms with Crippen molar-refractivity contribution >= 4 is 11.6 Å². The van der Waals surface area contributed by atoms with Crippen LogP contribution in [-0.4, -0.2) is 19.6 Å². The summed E-state index contributed by atoms with van der Waals surface area (Å²) in [7, 11) is 1.61. The fourth-order valence-electron chi connectivity index (χ4n) is 2.35. The smallest absolute Gasteiger partial charge is 0.246 e. The van der Waals surface area contributed by atoms with Gasteiger partial charge in [0.2, 0.25) is 5.91 Å². The Bertz CT molecular complexity index is 614. The van der Waals surface area contributed by atoms with Crippen molar-refractivity contribution < 1.29 is 9.53 Å². The van der Waals surface area contributed by atoms with E-state index in [0.29, 0.717) is 0 Å². The van der Waals surface area contributed by atoms with Crippen LogP contribution < -0.4 is 15.4 Å². The summed E-state index contributed by atoms with van der Waals surface area (Å²) in [5.74, 6) is 0.651. The van der Waals surface area contributed by atoms with Gasteiger partial charge >= 0.3 is 0 Å². The Morgan fingerprint density at radius 1 is 1.13 bits per heavy atom. The molecule has 0 saturated heterocycles. The molecule has 4 heteroatoms. The summed E-state index contributed by atoms with van der Waals surface area (Å²) in [5.41, 5.74) is 1.69. The van der Waals surface area contributed by atoms with Gasteiger partial charge in [0.1, 0.15) is 11.8 Å². The van der Waals surface area contributed by atoms with Crippen LogP contribution in [-0.2, 0) is 4.79 Å². The average molecular weight is 312 g/mol. The quantitative estimate of drug-likeness (QED) is 0.730. The number of hydrogen-bond donors (Lipinski definition) is 2. The van der Waals surface area contributed by atoms with E-state index in [1.54, 1.807) is 7.11 Å². The monoisotopic (exact) mass is 312 g/mol. The van der Waals surface area contributed by atoms with Crippen LogP contribution in [0.25, 0.3) is 0 Å². The first-order valence-corrected chi connectivity index (χ1v) is 7.98. The zero-order valence-corrected chi connectivity index (χ0v) is 13.7. The first-order valence-electron chi connectivity index (χ1n) is 7.98. The first-order chi connectivity index (χ1) is 11.2. The second-order valence-corrected chi connectivity index (χ2v) is 5.37. The molecule has 1 amide bonds. The summed E-state index contributed by atoms with van der Waals surface area (Å²) < 4.78 is 5.19. The Hall–Kier alpha value is -2.33. The summed E-state index contributed by atoms with van der Waals surface area (Å²) in [6.07, 6.45) is 2.13. The number of carbonyl (C=O) groups excluding carboxylic acids is 1. The standard InChI is InChI=1S/C19H24N2O2/c1-3-4-13-20-18(15-9-6-5-7-10-15)19(22)21-16-11-8-12-17(14-16)23-2/h5-12,14,18,20H,3-4,13H2,1-2H3,(H,21,22)/t18-/m1/s1. The van der Waals surface area contributed by atoms with Gasteiger partial charge in [-0.15, -0.1) is 0 Å². The number of benzene rings is 2. The van der Waals surface area contributed by atoms with Gasteiger partial charge in [0.25, 0.3) is 0 Å². The van der Waals surface area contributed by atoms with Gasteiger partial charge in [0.05, 0.1) is 7.11 Å². The van der Waals surface area contributed by atoms with Crippen molar-refractivity contribution in [1.82, 2.24) is 5.32 Å². The number of nitrogens with one attached hydrogen (secondary N) is 2. The fraction of sp³-hybridized carbons (Fsp3) is 0.316. The minimum Gasteiger partial charge on any atom is -0.497 e. The first kappa shape index (κ1) is 17.0. The van der Waals surface area contributed by atoms with E-state index in [0.717, 1.165) is 36.4 Å². The molecule has 122 valence electrons. The van der Waals surface area contributed by atoms with E-state index in [2.05, 4.69) is 17.6 Å². The van der Waals surface area contributed by atoms with Crippen LogP contribution in [0.15, 0.2) is 54.6 Å². The highest BCUT2D eigenvalue weighted by atomic mass is 16.5. The van der Waals surface area contributed by atoms with Gasteiger partial charge in [0.15, 0.2) is 0 Å². The summed E-state index contributed by atoms with van der Waals surface area (Å²) in [6, 6.07) is 16.8. The highest BCUT2D eigenvalue weighted by Gasteiger charge is 2.19. The number of anilines is 1. The van der Waals surface area contributed by atoms with Gasteiger partial charge in [-0.05, 0) is 30.7 Å². The number of carbonyl (C=O) groups is 1. The highest BCUT2D eigenvalue weighted by Crippen LogP contribution is 2.20. The van der Waals surface area contributed by atoms with E-state index in [9.17, 15) is 4.79 Å². The SMILES string of the molecule is CCCCN[C@@H](C(=O)Nc1cccc(OC)c1)c1ccccc1. The van der Waals surface area contributed by atoms with Crippen LogP contribution in [0.1, 0.15) is 31.4 Å². The normalized spacial score (nSPS) is 11.7. The third kappa shape index (κ3) is 5.11. The van der Waals surface area contributed by atoms with E-state index < -0.39 is 0 Å². The molecule has 0 aromatic heterocycles. The van der Waals surface area contributed by atoms with E-state index in [1.165, 1.54) is 0 Å². The average Bonchev–Trinajstić information content (AvgIpc) is 2.59. The number of ether oxygens (including phenoxy) is 1. The van der Waals surface area contributed by atoms with Crippen molar-refractivity contribution in [3.05, 3.63) is 60.2 Å². The molecule has 0 aliphatic rings. The Balaban J connectivity index is 2.12. The van der Waals surface area contributed by atoms with Crippen LogP contribution in [0.5, 0.6) is 5.75 Å². The van der Waals surface area contributed by atoms with Crippen molar-refractivity contribution in [3.63, 3.8) is 0 Å². The number of amides is 1. The van der Waals surface area contributed by atoms with Crippen LogP contribution in [0.3, 0.4) is 0 Å². The van der Waals surface area contributed by atoms with Crippen LogP contribution >= 0.6 is 0 Å². The predicted octanol–water partition coefficient (Wildman–Crippen LogP) is 3.76. The minimum atomic E-state index is -0.367. The molecule has 0 saturated carbocycles. The maximum atomic E-state index is 12.7. The highest BCUT2D eigenvalue weighted by molar-refractivity contribution is 5.95. The minimum absolute atomic E-state index is 0.0689. The van der Waals surface area contributed by atoms with Crippen molar-refractivity contribution in [2.75, 3.05) is 19.0 Å². The van der Waals surface area contributed by atoms with Crippen LogP contribution in [0, 0.1) is 0 Å². The molecule has 0 heterocycles. The number of methoxy groups -OCH3 is 1. The lowest BCUT2D eigenvalue weighted by Crippen LogP contribution is -2.33. The molecule has 4 nitrogen and oxygen atoms in total. The van der Waals surface area contributed by atoms with E-state index in [1.807, 2.05) is 54.6 Å². The Morgan fingerprint density at radius 2 is 1.91 bits per heavy atom. The lowest BCUT2D eigenvalue weighted by Gasteiger charge is -2.19. The lowest BCUT2D eigenvalue weighted by molar-refractivity contribution is -0.118. The molecule has 0 fully saturated rings. The largest absolute Gasteiger partial charge is 0.497 e. The third-order valence-corrected chi connectivity index (χ3v) is 3.61. The number of hydrogen-bond acceptors (Lipinski definition) is 3. The maximum Gasteiger partial charge on any atom is 0.246 e. The van der Waals surface area contributed by atoms with Crippen LogP contribution in [0.2, 0.25) is 0 Å². The zero-order chi connectivity index (χ0) is 16.5. The van der Waals surface area contributed by atoms with Gasteiger partial charge in [-0.2, -0.15) is 0 Å². The second kappa shape index (κ2) is 8.96. The van der Waals surface area contributed by atoms with Gasteiger partial charge in [0, 0.05) is 11.8 Å². The fourth-order valence-corrected chi connectivity index (χ4v) is 2.35. The third-order valence-electron chi connectivity index (χ3n) is 3.61. The van der Waals surface area contributed by atoms with E-state index in [-0.39, 0.29) is 11.9 Å².